The van der Waals surface area contributed by atoms with E-state index in [1.54, 1.807) is 23.5 Å². The van der Waals surface area contributed by atoms with Crippen LogP contribution in [0.25, 0.3) is 11.1 Å². The first-order valence-corrected chi connectivity index (χ1v) is 6.11. The van der Waals surface area contributed by atoms with Crippen molar-refractivity contribution in [2.45, 2.75) is 13.5 Å². The van der Waals surface area contributed by atoms with Crippen LogP contribution < -0.4 is 5.73 Å². The maximum Gasteiger partial charge on any atom is 0.131 e. The summed E-state index contributed by atoms with van der Waals surface area (Å²) in [6.45, 7) is 2.37. The molecule has 0 aliphatic carbocycles. The lowest BCUT2D eigenvalue weighted by atomic mass is 10.0. The highest BCUT2D eigenvalue weighted by atomic mass is 35.5. The van der Waals surface area contributed by atoms with Crippen LogP contribution in [0.15, 0.2) is 23.6 Å². The van der Waals surface area contributed by atoms with E-state index in [1.165, 1.54) is 6.07 Å². The smallest absolute Gasteiger partial charge is 0.131 e. The van der Waals surface area contributed by atoms with Crippen molar-refractivity contribution in [2.75, 3.05) is 0 Å². The Balaban J connectivity index is 2.66. The Labute approximate surface area is 103 Å². The molecule has 0 spiro atoms. The van der Waals surface area contributed by atoms with Crippen molar-refractivity contribution in [3.8, 4) is 11.1 Å². The second-order valence-corrected chi connectivity index (χ2v) is 5.04. The van der Waals surface area contributed by atoms with Crippen molar-refractivity contribution in [2.24, 2.45) is 5.73 Å². The van der Waals surface area contributed by atoms with Gasteiger partial charge in [0, 0.05) is 27.6 Å². The van der Waals surface area contributed by atoms with Crippen LogP contribution in [-0.2, 0) is 6.54 Å². The van der Waals surface area contributed by atoms with E-state index in [1.807, 2.05) is 12.3 Å². The summed E-state index contributed by atoms with van der Waals surface area (Å²) < 4.78 is 13.7. The maximum absolute atomic E-state index is 13.7. The number of thiophene rings is 1. The Bertz CT molecular complexity index is 522. The normalized spacial score (nSPS) is 10.8. The molecule has 0 bridgehead atoms. The van der Waals surface area contributed by atoms with Gasteiger partial charge in [-0.05, 0) is 36.1 Å². The van der Waals surface area contributed by atoms with E-state index in [2.05, 4.69) is 0 Å². The molecule has 0 saturated carbocycles. The summed E-state index contributed by atoms with van der Waals surface area (Å²) in [4.78, 5) is 1.06. The molecule has 0 aliphatic rings. The molecule has 0 radical (unpaired) electrons. The molecule has 2 aromatic rings. The minimum atomic E-state index is -0.263. The second-order valence-electron chi connectivity index (χ2n) is 3.52. The molecule has 0 saturated heterocycles. The molecule has 1 heterocycles. The number of hydrogen-bond donors (Lipinski definition) is 1. The standard InChI is InChI=1S/C12H11ClFNS/c1-7-12(8(5-15)6-16-7)10-4-9(13)2-3-11(10)14/h2-4,6H,5,15H2,1H3. The number of aryl methyl sites for hydroxylation is 1. The minimum absolute atomic E-state index is 0.263. The summed E-state index contributed by atoms with van der Waals surface area (Å²) in [6.07, 6.45) is 0. The van der Waals surface area contributed by atoms with Crippen LogP contribution in [0.1, 0.15) is 10.4 Å². The van der Waals surface area contributed by atoms with E-state index < -0.39 is 0 Å². The highest BCUT2D eigenvalue weighted by Crippen LogP contribution is 2.35. The summed E-state index contributed by atoms with van der Waals surface area (Å²) in [5.41, 5.74) is 8.02. The van der Waals surface area contributed by atoms with Gasteiger partial charge in [-0.25, -0.2) is 4.39 Å². The molecular formula is C12H11ClFNS. The molecule has 0 amide bonds. The van der Waals surface area contributed by atoms with E-state index in [4.69, 9.17) is 17.3 Å². The van der Waals surface area contributed by atoms with Gasteiger partial charge in [-0.1, -0.05) is 11.6 Å². The molecule has 1 nitrogen and oxygen atoms in total. The molecule has 0 fully saturated rings. The fraction of sp³-hybridized carbons (Fsp3) is 0.167. The Morgan fingerprint density at radius 3 is 2.88 bits per heavy atom. The molecule has 0 aliphatic heterocycles. The van der Waals surface area contributed by atoms with Gasteiger partial charge < -0.3 is 5.73 Å². The lowest BCUT2D eigenvalue weighted by Gasteiger charge is -2.06. The predicted octanol–water partition coefficient (Wildman–Crippen LogP) is 3.97. The molecule has 16 heavy (non-hydrogen) atoms. The Morgan fingerprint density at radius 2 is 2.19 bits per heavy atom. The Morgan fingerprint density at radius 1 is 1.44 bits per heavy atom. The maximum atomic E-state index is 13.7. The van der Waals surface area contributed by atoms with Crippen LogP contribution in [0.2, 0.25) is 5.02 Å². The number of nitrogens with two attached hydrogens (primary N) is 1. The highest BCUT2D eigenvalue weighted by Gasteiger charge is 2.14. The SMILES string of the molecule is Cc1scc(CN)c1-c1cc(Cl)ccc1F. The molecule has 0 atom stereocenters. The molecule has 84 valence electrons. The lowest BCUT2D eigenvalue weighted by molar-refractivity contribution is 0.631. The summed E-state index contributed by atoms with van der Waals surface area (Å²) in [5.74, 6) is -0.263. The first-order chi connectivity index (χ1) is 7.63. The molecule has 2 rings (SSSR count). The third kappa shape index (κ3) is 1.98. The minimum Gasteiger partial charge on any atom is -0.326 e. The zero-order chi connectivity index (χ0) is 11.7. The third-order valence-electron chi connectivity index (χ3n) is 2.47. The molecule has 1 aromatic carbocycles. The van der Waals surface area contributed by atoms with E-state index in [-0.39, 0.29) is 5.82 Å². The van der Waals surface area contributed by atoms with Crippen molar-refractivity contribution in [1.82, 2.24) is 0 Å². The predicted molar refractivity (Wildman–Crippen MR) is 67.4 cm³/mol. The van der Waals surface area contributed by atoms with Crippen LogP contribution in [0.4, 0.5) is 4.39 Å². The average Bonchev–Trinajstić information content (AvgIpc) is 2.63. The molecule has 2 N–H and O–H groups in total. The summed E-state index contributed by atoms with van der Waals surface area (Å²) >= 11 is 7.46. The van der Waals surface area contributed by atoms with Gasteiger partial charge in [0.1, 0.15) is 5.82 Å². The number of rotatable bonds is 2. The highest BCUT2D eigenvalue weighted by molar-refractivity contribution is 7.10. The van der Waals surface area contributed by atoms with Crippen LogP contribution in [0.5, 0.6) is 0 Å². The fourth-order valence-electron chi connectivity index (χ4n) is 1.71. The van der Waals surface area contributed by atoms with Crippen LogP contribution in [0, 0.1) is 12.7 Å². The van der Waals surface area contributed by atoms with Gasteiger partial charge >= 0.3 is 0 Å². The van der Waals surface area contributed by atoms with Gasteiger partial charge in [0.05, 0.1) is 0 Å². The van der Waals surface area contributed by atoms with Gasteiger partial charge in [0.15, 0.2) is 0 Å². The third-order valence-corrected chi connectivity index (χ3v) is 3.66. The zero-order valence-electron chi connectivity index (χ0n) is 8.76. The topological polar surface area (TPSA) is 26.0 Å². The van der Waals surface area contributed by atoms with Gasteiger partial charge in [0.25, 0.3) is 0 Å². The number of halogens is 2. The second kappa shape index (κ2) is 4.53. The van der Waals surface area contributed by atoms with E-state index in [0.29, 0.717) is 17.1 Å². The van der Waals surface area contributed by atoms with E-state index >= 15 is 0 Å². The lowest BCUT2D eigenvalue weighted by Crippen LogP contribution is -1.97. The molecular weight excluding hydrogens is 245 g/mol. The monoisotopic (exact) mass is 255 g/mol. The van der Waals surface area contributed by atoms with Gasteiger partial charge in [-0.2, -0.15) is 0 Å². The summed E-state index contributed by atoms with van der Waals surface area (Å²) in [6, 6.07) is 4.57. The van der Waals surface area contributed by atoms with Crippen LogP contribution in [0.3, 0.4) is 0 Å². The van der Waals surface area contributed by atoms with E-state index in [9.17, 15) is 4.39 Å². The van der Waals surface area contributed by atoms with Crippen LogP contribution >= 0.6 is 22.9 Å². The fourth-order valence-corrected chi connectivity index (χ4v) is 2.77. The molecule has 1 aromatic heterocycles. The zero-order valence-corrected chi connectivity index (χ0v) is 10.3. The van der Waals surface area contributed by atoms with E-state index in [0.717, 1.165) is 16.0 Å². The van der Waals surface area contributed by atoms with Crippen LogP contribution in [-0.4, -0.2) is 0 Å². The van der Waals surface area contributed by atoms with Gasteiger partial charge in [0.2, 0.25) is 0 Å². The van der Waals surface area contributed by atoms with Crippen molar-refractivity contribution in [3.05, 3.63) is 44.9 Å². The van der Waals surface area contributed by atoms with Gasteiger partial charge in [-0.15, -0.1) is 11.3 Å². The quantitative estimate of drug-likeness (QED) is 0.863. The average molecular weight is 256 g/mol. The number of benzene rings is 1. The Kier molecular flexibility index (Phi) is 3.28. The molecule has 0 unspecified atom stereocenters. The first-order valence-electron chi connectivity index (χ1n) is 4.86. The summed E-state index contributed by atoms with van der Waals surface area (Å²) in [5, 5.41) is 2.50. The number of hydrogen-bond acceptors (Lipinski definition) is 2. The molecule has 4 heteroatoms. The van der Waals surface area contributed by atoms with Crippen molar-refractivity contribution in [3.63, 3.8) is 0 Å². The van der Waals surface area contributed by atoms with Gasteiger partial charge in [-0.3, -0.25) is 0 Å². The summed E-state index contributed by atoms with van der Waals surface area (Å²) in [7, 11) is 0. The van der Waals surface area contributed by atoms with Crippen molar-refractivity contribution >= 4 is 22.9 Å². The first kappa shape index (κ1) is 11.6. The van der Waals surface area contributed by atoms with Crippen molar-refractivity contribution in [1.29, 1.82) is 0 Å². The largest absolute Gasteiger partial charge is 0.326 e. The van der Waals surface area contributed by atoms with Crippen molar-refractivity contribution < 1.29 is 4.39 Å². The Hall–Kier alpha value is -0.900.